The van der Waals surface area contributed by atoms with Crippen LogP contribution in [-0.2, 0) is 4.79 Å². The van der Waals surface area contributed by atoms with Crippen LogP contribution in [0.4, 0.5) is 0 Å². The van der Waals surface area contributed by atoms with E-state index in [-0.39, 0.29) is 17.5 Å². The third-order valence-electron chi connectivity index (χ3n) is 3.82. The Morgan fingerprint density at radius 3 is 2.71 bits per heavy atom. The fourth-order valence-electron chi connectivity index (χ4n) is 2.64. The number of amides is 1. The molecule has 0 heterocycles. The summed E-state index contributed by atoms with van der Waals surface area (Å²) < 4.78 is 5.52. The van der Waals surface area contributed by atoms with E-state index in [1.807, 2.05) is 12.1 Å². The van der Waals surface area contributed by atoms with Crippen molar-refractivity contribution in [2.24, 2.45) is 11.7 Å². The molecular formula is C16H22N2O2S. The number of nitrogens with one attached hydrogen (secondary N) is 1. The zero-order chi connectivity index (χ0) is 15.1. The number of ether oxygens (including phenoxy) is 1. The van der Waals surface area contributed by atoms with Crippen molar-refractivity contribution in [2.75, 3.05) is 13.2 Å². The Kier molecular flexibility index (Phi) is 5.99. The van der Waals surface area contributed by atoms with Crippen molar-refractivity contribution in [1.82, 2.24) is 5.32 Å². The number of rotatable bonds is 6. The lowest BCUT2D eigenvalue weighted by Gasteiger charge is -2.21. The molecule has 1 fully saturated rings. The van der Waals surface area contributed by atoms with Gasteiger partial charge in [-0.15, -0.1) is 0 Å². The Hall–Kier alpha value is -1.62. The summed E-state index contributed by atoms with van der Waals surface area (Å²) in [6, 6.07) is 7.22. The maximum absolute atomic E-state index is 11.8. The molecule has 0 aromatic heterocycles. The molecular weight excluding hydrogens is 284 g/mol. The fourth-order valence-corrected chi connectivity index (χ4v) is 2.81. The van der Waals surface area contributed by atoms with Crippen LogP contribution in [0.15, 0.2) is 24.3 Å². The van der Waals surface area contributed by atoms with Crippen LogP contribution in [-0.4, -0.2) is 24.0 Å². The Bertz CT molecular complexity index is 499. The first-order valence-corrected chi connectivity index (χ1v) is 7.86. The lowest BCUT2D eigenvalue weighted by Crippen LogP contribution is -2.34. The molecule has 5 heteroatoms. The van der Waals surface area contributed by atoms with E-state index >= 15 is 0 Å². The zero-order valence-corrected chi connectivity index (χ0v) is 13.0. The minimum atomic E-state index is -0.0988. The van der Waals surface area contributed by atoms with Crippen LogP contribution in [0.2, 0.25) is 0 Å². The number of carbonyl (C=O) groups is 1. The lowest BCUT2D eigenvalue weighted by molar-refractivity contribution is -0.123. The molecule has 1 saturated carbocycles. The average molecular weight is 306 g/mol. The lowest BCUT2D eigenvalue weighted by atomic mass is 9.89. The summed E-state index contributed by atoms with van der Waals surface area (Å²) in [7, 11) is 0. The average Bonchev–Trinajstić information content (AvgIpc) is 2.52. The molecule has 21 heavy (non-hydrogen) atoms. The van der Waals surface area contributed by atoms with Gasteiger partial charge in [0.25, 0.3) is 5.91 Å². The van der Waals surface area contributed by atoms with Crippen molar-refractivity contribution < 1.29 is 9.53 Å². The fraction of sp³-hybridized carbons (Fsp3) is 0.500. The van der Waals surface area contributed by atoms with Crippen LogP contribution in [0.1, 0.15) is 37.7 Å². The van der Waals surface area contributed by atoms with E-state index < -0.39 is 0 Å². The Balaban J connectivity index is 1.77. The molecule has 1 amide bonds. The number of benzene rings is 1. The van der Waals surface area contributed by atoms with E-state index in [1.165, 1.54) is 32.1 Å². The highest BCUT2D eigenvalue weighted by molar-refractivity contribution is 7.80. The third-order valence-corrected chi connectivity index (χ3v) is 4.04. The van der Waals surface area contributed by atoms with E-state index in [4.69, 9.17) is 22.7 Å². The molecule has 3 N–H and O–H groups in total. The van der Waals surface area contributed by atoms with Crippen molar-refractivity contribution in [3.8, 4) is 5.75 Å². The highest BCUT2D eigenvalue weighted by Crippen LogP contribution is 2.22. The molecule has 1 aliphatic rings. The molecule has 0 saturated heterocycles. The highest BCUT2D eigenvalue weighted by atomic mass is 32.1. The van der Waals surface area contributed by atoms with Crippen molar-refractivity contribution in [3.05, 3.63) is 29.8 Å². The van der Waals surface area contributed by atoms with Crippen molar-refractivity contribution >= 4 is 23.1 Å². The highest BCUT2D eigenvalue weighted by Gasteiger charge is 2.14. The van der Waals surface area contributed by atoms with Crippen molar-refractivity contribution in [3.63, 3.8) is 0 Å². The second-order valence-corrected chi connectivity index (χ2v) is 5.90. The first-order chi connectivity index (χ1) is 10.2. The molecule has 1 aromatic rings. The maximum Gasteiger partial charge on any atom is 0.257 e. The van der Waals surface area contributed by atoms with Gasteiger partial charge >= 0.3 is 0 Å². The molecule has 4 nitrogen and oxygen atoms in total. The number of para-hydroxylation sites is 1. The van der Waals surface area contributed by atoms with Crippen molar-refractivity contribution in [2.45, 2.75) is 32.1 Å². The Morgan fingerprint density at radius 1 is 1.29 bits per heavy atom. The SMILES string of the molecule is NC(=S)c1ccccc1OCC(=O)NCC1CCCCC1. The van der Waals surface area contributed by atoms with Crippen molar-refractivity contribution in [1.29, 1.82) is 0 Å². The van der Waals surface area contributed by atoms with E-state index in [0.717, 1.165) is 6.54 Å². The summed E-state index contributed by atoms with van der Waals surface area (Å²) in [5, 5.41) is 2.94. The summed E-state index contributed by atoms with van der Waals surface area (Å²) in [6.07, 6.45) is 6.30. The van der Waals surface area contributed by atoms with Gasteiger partial charge in [-0.2, -0.15) is 0 Å². The van der Waals surface area contributed by atoms with Gasteiger partial charge in [0.05, 0.1) is 5.56 Å². The summed E-state index contributed by atoms with van der Waals surface area (Å²) in [4.78, 5) is 12.1. The van der Waals surface area contributed by atoms with E-state index in [0.29, 0.717) is 17.2 Å². The second-order valence-electron chi connectivity index (χ2n) is 5.46. The van der Waals surface area contributed by atoms with Crippen LogP contribution in [0, 0.1) is 5.92 Å². The second kappa shape index (κ2) is 7.98. The minimum absolute atomic E-state index is 0.00759. The largest absolute Gasteiger partial charge is 0.483 e. The van der Waals surface area contributed by atoms with E-state index in [1.54, 1.807) is 12.1 Å². The first kappa shape index (κ1) is 15.8. The number of thiocarbonyl (C=S) groups is 1. The molecule has 114 valence electrons. The standard InChI is InChI=1S/C16H22N2O2S/c17-16(21)13-8-4-5-9-14(13)20-11-15(19)18-10-12-6-2-1-3-7-12/h4-5,8-9,12H,1-3,6-7,10-11H2,(H2,17,21)(H,18,19). The van der Waals surface area contributed by atoms with Crippen LogP contribution in [0.25, 0.3) is 0 Å². The molecule has 0 bridgehead atoms. The Morgan fingerprint density at radius 2 is 2.00 bits per heavy atom. The molecule has 0 spiro atoms. The minimum Gasteiger partial charge on any atom is -0.483 e. The molecule has 0 atom stereocenters. The Labute approximate surface area is 131 Å². The predicted molar refractivity (Wildman–Crippen MR) is 87.4 cm³/mol. The predicted octanol–water partition coefficient (Wildman–Crippen LogP) is 2.40. The van der Waals surface area contributed by atoms with Crippen LogP contribution in [0.5, 0.6) is 5.75 Å². The van der Waals surface area contributed by atoms with Gasteiger partial charge in [-0.25, -0.2) is 0 Å². The van der Waals surface area contributed by atoms with E-state index in [2.05, 4.69) is 5.32 Å². The summed E-state index contributed by atoms with van der Waals surface area (Å²) in [5.41, 5.74) is 6.29. The van der Waals surface area contributed by atoms with Gasteiger partial charge in [-0.1, -0.05) is 43.6 Å². The molecule has 1 aromatic carbocycles. The number of nitrogens with two attached hydrogens (primary N) is 1. The van der Waals surface area contributed by atoms with Crippen LogP contribution in [0.3, 0.4) is 0 Å². The molecule has 0 radical (unpaired) electrons. The van der Waals surface area contributed by atoms with Crippen LogP contribution >= 0.6 is 12.2 Å². The van der Waals surface area contributed by atoms with Gasteiger partial charge in [0.15, 0.2) is 6.61 Å². The topological polar surface area (TPSA) is 64.3 Å². The number of hydrogen-bond acceptors (Lipinski definition) is 3. The number of hydrogen-bond donors (Lipinski definition) is 2. The first-order valence-electron chi connectivity index (χ1n) is 7.45. The van der Waals surface area contributed by atoms with Gasteiger partial charge in [0, 0.05) is 6.54 Å². The van der Waals surface area contributed by atoms with Crippen LogP contribution < -0.4 is 15.8 Å². The molecule has 0 unspecified atom stereocenters. The molecule has 2 rings (SSSR count). The molecule has 1 aliphatic carbocycles. The van der Waals surface area contributed by atoms with Gasteiger partial charge in [0.1, 0.15) is 10.7 Å². The smallest absolute Gasteiger partial charge is 0.257 e. The summed E-state index contributed by atoms with van der Waals surface area (Å²) in [5.74, 6) is 1.07. The maximum atomic E-state index is 11.8. The normalized spacial score (nSPS) is 15.4. The third kappa shape index (κ3) is 5.01. The summed E-state index contributed by atoms with van der Waals surface area (Å²) >= 11 is 4.96. The summed E-state index contributed by atoms with van der Waals surface area (Å²) in [6.45, 7) is 0.742. The molecule has 0 aliphatic heterocycles. The van der Waals surface area contributed by atoms with Gasteiger partial charge in [-0.05, 0) is 30.9 Å². The zero-order valence-electron chi connectivity index (χ0n) is 12.1. The van der Waals surface area contributed by atoms with Gasteiger partial charge in [-0.3, -0.25) is 4.79 Å². The number of carbonyl (C=O) groups excluding carboxylic acids is 1. The van der Waals surface area contributed by atoms with Gasteiger partial charge < -0.3 is 15.8 Å². The van der Waals surface area contributed by atoms with Gasteiger partial charge in [0.2, 0.25) is 0 Å². The van der Waals surface area contributed by atoms with E-state index in [9.17, 15) is 4.79 Å². The quantitative estimate of drug-likeness (QED) is 0.792. The monoisotopic (exact) mass is 306 g/mol.